The summed E-state index contributed by atoms with van der Waals surface area (Å²) in [6, 6.07) is 13.8. The predicted molar refractivity (Wildman–Crippen MR) is 121 cm³/mol. The molecule has 0 radical (unpaired) electrons. The van der Waals surface area contributed by atoms with Crippen LogP contribution < -0.4 is 5.32 Å². The molecule has 4 rings (SSSR count). The summed E-state index contributed by atoms with van der Waals surface area (Å²) in [5, 5.41) is 13.2. The van der Waals surface area contributed by atoms with E-state index in [0.717, 1.165) is 32.5 Å². The molecular formula is C25H36N4O2. The average molecular weight is 425 g/mol. The smallest absolute Gasteiger partial charge is 0.410 e. The first-order valence-corrected chi connectivity index (χ1v) is 11.7. The second-order valence-electron chi connectivity index (χ2n) is 10.6. The summed E-state index contributed by atoms with van der Waals surface area (Å²) < 4.78 is 5.52. The number of hydrogen-bond acceptors (Lipinski definition) is 5. The topological polar surface area (TPSA) is 68.6 Å². The minimum Gasteiger partial charge on any atom is -0.444 e. The van der Waals surface area contributed by atoms with E-state index in [1.807, 2.05) is 20.8 Å². The van der Waals surface area contributed by atoms with E-state index in [1.54, 1.807) is 4.90 Å². The van der Waals surface area contributed by atoms with Crippen LogP contribution in [0.1, 0.15) is 57.9 Å². The zero-order valence-electron chi connectivity index (χ0n) is 19.1. The van der Waals surface area contributed by atoms with Crippen molar-refractivity contribution in [2.75, 3.05) is 32.7 Å². The van der Waals surface area contributed by atoms with E-state index in [1.165, 1.54) is 12.0 Å². The van der Waals surface area contributed by atoms with Gasteiger partial charge < -0.3 is 15.0 Å². The Hall–Kier alpha value is -2.10. The third-order valence-electron chi connectivity index (χ3n) is 7.07. The van der Waals surface area contributed by atoms with Gasteiger partial charge in [0.2, 0.25) is 0 Å². The average Bonchev–Trinajstić information content (AvgIpc) is 3.46. The van der Waals surface area contributed by atoms with E-state index in [-0.39, 0.29) is 11.6 Å². The highest BCUT2D eigenvalue weighted by atomic mass is 16.6. The van der Waals surface area contributed by atoms with E-state index < -0.39 is 5.60 Å². The fourth-order valence-electron chi connectivity index (χ4n) is 5.08. The Morgan fingerprint density at radius 3 is 2.52 bits per heavy atom. The standard InChI is InChI=1S/C25H36N4O2/c1-24(2,3)31-23(30)28-13-10-25(9-12-26,11-14-28)29-17-19(18-29)16-27-22-15-21(22)20-7-5-4-6-8-20/h4-8,19,21-22,27H,9-11,13-18H2,1-3H3/t21-,22+/m0/s1. The van der Waals surface area contributed by atoms with Crippen LogP contribution in [0, 0.1) is 17.2 Å². The minimum atomic E-state index is -0.475. The summed E-state index contributed by atoms with van der Waals surface area (Å²) in [5.74, 6) is 1.32. The Bertz CT molecular complexity index is 799. The zero-order valence-corrected chi connectivity index (χ0v) is 19.1. The lowest BCUT2D eigenvalue weighted by Crippen LogP contribution is -2.64. The molecule has 2 saturated heterocycles. The van der Waals surface area contributed by atoms with Crippen molar-refractivity contribution in [3.63, 3.8) is 0 Å². The first-order valence-electron chi connectivity index (χ1n) is 11.7. The number of hydrogen-bond donors (Lipinski definition) is 1. The van der Waals surface area contributed by atoms with Crippen LogP contribution in [0.2, 0.25) is 0 Å². The van der Waals surface area contributed by atoms with Crippen LogP contribution in [0.25, 0.3) is 0 Å². The molecule has 3 aliphatic rings. The highest BCUT2D eigenvalue weighted by Crippen LogP contribution is 2.41. The van der Waals surface area contributed by atoms with E-state index in [2.05, 4.69) is 46.6 Å². The third kappa shape index (κ3) is 5.22. The predicted octanol–water partition coefficient (Wildman–Crippen LogP) is 3.75. The molecule has 0 unspecified atom stereocenters. The molecule has 1 aromatic carbocycles. The van der Waals surface area contributed by atoms with E-state index >= 15 is 0 Å². The van der Waals surface area contributed by atoms with Gasteiger partial charge in [-0.1, -0.05) is 30.3 Å². The van der Waals surface area contributed by atoms with Crippen molar-refractivity contribution < 1.29 is 9.53 Å². The highest BCUT2D eigenvalue weighted by Gasteiger charge is 2.47. The summed E-state index contributed by atoms with van der Waals surface area (Å²) >= 11 is 0. The molecule has 3 fully saturated rings. The molecule has 1 N–H and O–H groups in total. The SMILES string of the molecule is CC(C)(C)OC(=O)N1CCC(CC#N)(N2CC(CN[C@@H]3C[C@H]3c3ccccc3)C2)CC1. The fourth-order valence-corrected chi connectivity index (χ4v) is 5.08. The molecule has 0 bridgehead atoms. The van der Waals surface area contributed by atoms with Gasteiger partial charge in [0.05, 0.1) is 12.5 Å². The summed E-state index contributed by atoms with van der Waals surface area (Å²) in [5.41, 5.74) is 0.882. The van der Waals surface area contributed by atoms with Gasteiger partial charge in [-0.3, -0.25) is 4.90 Å². The van der Waals surface area contributed by atoms with E-state index in [9.17, 15) is 10.1 Å². The second-order valence-corrected chi connectivity index (χ2v) is 10.6. The molecule has 2 atom stereocenters. The number of benzene rings is 1. The number of likely N-dealkylation sites (tertiary alicyclic amines) is 2. The number of nitrogens with zero attached hydrogens (tertiary/aromatic N) is 3. The summed E-state index contributed by atoms with van der Waals surface area (Å²) in [4.78, 5) is 16.7. The van der Waals surface area contributed by atoms with Crippen LogP contribution >= 0.6 is 0 Å². The molecule has 1 aliphatic carbocycles. The summed E-state index contributed by atoms with van der Waals surface area (Å²) in [6.07, 6.45) is 3.23. The first-order chi connectivity index (χ1) is 14.8. The molecule has 6 nitrogen and oxygen atoms in total. The van der Waals surface area contributed by atoms with Gasteiger partial charge in [-0.15, -0.1) is 0 Å². The quantitative estimate of drug-likeness (QED) is 0.753. The van der Waals surface area contributed by atoms with Crippen molar-refractivity contribution in [1.82, 2.24) is 15.1 Å². The lowest BCUT2D eigenvalue weighted by Gasteiger charge is -2.54. The number of piperidine rings is 1. The van der Waals surface area contributed by atoms with Gasteiger partial charge in [0.25, 0.3) is 0 Å². The Balaban J connectivity index is 1.22. The van der Waals surface area contributed by atoms with E-state index in [0.29, 0.717) is 37.4 Å². The Morgan fingerprint density at radius 2 is 1.90 bits per heavy atom. The zero-order chi connectivity index (χ0) is 22.1. The molecule has 2 aliphatic heterocycles. The van der Waals surface area contributed by atoms with Crippen LogP contribution in [-0.4, -0.2) is 65.8 Å². The van der Waals surface area contributed by atoms with Gasteiger partial charge in [-0.25, -0.2) is 4.79 Å². The Labute approximate surface area is 186 Å². The lowest BCUT2D eigenvalue weighted by atomic mass is 9.79. The van der Waals surface area contributed by atoms with Crippen LogP contribution in [0.5, 0.6) is 0 Å². The first kappa shape index (κ1) is 22.1. The Morgan fingerprint density at radius 1 is 1.23 bits per heavy atom. The van der Waals surface area contributed by atoms with Crippen molar-refractivity contribution in [2.45, 2.75) is 69.6 Å². The molecule has 0 aromatic heterocycles. The number of rotatable bonds is 6. The van der Waals surface area contributed by atoms with Crippen molar-refractivity contribution in [1.29, 1.82) is 5.26 Å². The summed E-state index contributed by atoms with van der Waals surface area (Å²) in [7, 11) is 0. The lowest BCUT2D eigenvalue weighted by molar-refractivity contribution is -0.0520. The van der Waals surface area contributed by atoms with Crippen LogP contribution in [0.4, 0.5) is 4.79 Å². The van der Waals surface area contributed by atoms with Gasteiger partial charge in [0.1, 0.15) is 5.60 Å². The normalized spacial score (nSPS) is 26.1. The van der Waals surface area contributed by atoms with Crippen LogP contribution in [0.3, 0.4) is 0 Å². The number of nitrogens with one attached hydrogen (secondary N) is 1. The van der Waals surface area contributed by atoms with Gasteiger partial charge in [-0.2, -0.15) is 5.26 Å². The maximum Gasteiger partial charge on any atom is 0.410 e. The van der Waals surface area contributed by atoms with Crippen molar-refractivity contribution >= 4 is 6.09 Å². The molecule has 31 heavy (non-hydrogen) atoms. The maximum absolute atomic E-state index is 12.4. The van der Waals surface area contributed by atoms with Crippen molar-refractivity contribution in [3.05, 3.63) is 35.9 Å². The molecule has 0 spiro atoms. The fraction of sp³-hybridized carbons (Fsp3) is 0.680. The van der Waals surface area contributed by atoms with Gasteiger partial charge in [0.15, 0.2) is 0 Å². The summed E-state index contributed by atoms with van der Waals surface area (Å²) in [6.45, 7) is 10.2. The van der Waals surface area contributed by atoms with Crippen LogP contribution in [-0.2, 0) is 4.74 Å². The maximum atomic E-state index is 12.4. The van der Waals surface area contributed by atoms with Gasteiger partial charge in [0, 0.05) is 50.2 Å². The number of ether oxygens (including phenoxy) is 1. The number of amides is 1. The minimum absolute atomic E-state index is 0.0874. The van der Waals surface area contributed by atoms with Crippen LogP contribution in [0.15, 0.2) is 30.3 Å². The van der Waals surface area contributed by atoms with E-state index in [4.69, 9.17) is 4.74 Å². The Kier molecular flexibility index (Phi) is 6.27. The molecule has 1 amide bonds. The second kappa shape index (κ2) is 8.80. The number of carbonyl (C=O) groups is 1. The molecule has 2 heterocycles. The van der Waals surface area contributed by atoms with Gasteiger partial charge in [-0.05, 0) is 51.5 Å². The number of nitriles is 1. The molecular weight excluding hydrogens is 388 g/mol. The number of carbonyl (C=O) groups excluding carboxylic acids is 1. The third-order valence-corrected chi connectivity index (χ3v) is 7.07. The van der Waals surface area contributed by atoms with Crippen molar-refractivity contribution in [3.8, 4) is 6.07 Å². The van der Waals surface area contributed by atoms with Crippen molar-refractivity contribution in [2.24, 2.45) is 5.92 Å². The highest BCUT2D eigenvalue weighted by molar-refractivity contribution is 5.68. The van der Waals surface area contributed by atoms with Gasteiger partial charge >= 0.3 is 6.09 Å². The molecule has 1 saturated carbocycles. The largest absolute Gasteiger partial charge is 0.444 e. The molecule has 1 aromatic rings. The molecule has 6 heteroatoms. The monoisotopic (exact) mass is 424 g/mol. The molecule has 168 valence electrons.